The van der Waals surface area contributed by atoms with E-state index in [4.69, 9.17) is 0 Å². The molecule has 0 bridgehead atoms. The van der Waals surface area contributed by atoms with Crippen LogP contribution in [0, 0.1) is 0 Å². The topological polar surface area (TPSA) is 72.9 Å². The number of piperazine rings is 1. The zero-order valence-electron chi connectivity index (χ0n) is 12.4. The molecule has 21 heavy (non-hydrogen) atoms. The number of carboxylic acid groups (broad SMARTS) is 1. The number of nitrogens with zero attached hydrogens (tertiary/aromatic N) is 2. The van der Waals surface area contributed by atoms with Crippen LogP contribution in [0.3, 0.4) is 0 Å². The lowest BCUT2D eigenvalue weighted by Gasteiger charge is -2.42. The van der Waals surface area contributed by atoms with Gasteiger partial charge in [-0.25, -0.2) is 9.59 Å². The molecule has 1 saturated heterocycles. The van der Waals surface area contributed by atoms with E-state index in [-0.39, 0.29) is 18.1 Å². The Morgan fingerprint density at radius 3 is 2.48 bits per heavy atom. The van der Waals surface area contributed by atoms with Crippen molar-refractivity contribution in [3.8, 4) is 0 Å². The monoisotopic (exact) mass is 311 g/mol. The van der Waals surface area contributed by atoms with Gasteiger partial charge in [-0.1, -0.05) is 6.07 Å². The first kappa shape index (κ1) is 15.8. The van der Waals surface area contributed by atoms with Crippen molar-refractivity contribution in [1.29, 1.82) is 0 Å². The second-order valence-electron chi connectivity index (χ2n) is 5.50. The molecule has 0 aromatic carbocycles. The van der Waals surface area contributed by atoms with Gasteiger partial charge in [-0.05, 0) is 32.3 Å². The highest BCUT2D eigenvalue weighted by molar-refractivity contribution is 7.10. The number of hydrogen-bond donors (Lipinski definition) is 2. The Morgan fingerprint density at radius 2 is 2.00 bits per heavy atom. The first-order valence-electron chi connectivity index (χ1n) is 6.93. The molecule has 3 unspecified atom stereocenters. The highest BCUT2D eigenvalue weighted by atomic mass is 32.1. The van der Waals surface area contributed by atoms with Gasteiger partial charge in [0.15, 0.2) is 6.04 Å². The molecule has 1 aromatic rings. The number of urea groups is 1. The molecule has 2 heterocycles. The normalized spacial score (nSPS) is 24.6. The van der Waals surface area contributed by atoms with E-state index in [0.717, 1.165) is 0 Å². The van der Waals surface area contributed by atoms with Crippen LogP contribution in [0.25, 0.3) is 0 Å². The molecule has 0 aliphatic carbocycles. The molecule has 2 amide bonds. The van der Waals surface area contributed by atoms with E-state index < -0.39 is 12.0 Å². The largest absolute Gasteiger partial charge is 0.479 e. The van der Waals surface area contributed by atoms with Crippen molar-refractivity contribution in [1.82, 2.24) is 15.1 Å². The van der Waals surface area contributed by atoms with Crippen LogP contribution in [-0.4, -0.2) is 59.1 Å². The van der Waals surface area contributed by atoms with Gasteiger partial charge in [0.1, 0.15) is 0 Å². The van der Waals surface area contributed by atoms with E-state index in [9.17, 15) is 14.7 Å². The van der Waals surface area contributed by atoms with E-state index in [1.807, 2.05) is 7.05 Å². The summed E-state index contributed by atoms with van der Waals surface area (Å²) in [7, 11) is 2.04. The van der Waals surface area contributed by atoms with E-state index >= 15 is 0 Å². The average molecular weight is 311 g/mol. The van der Waals surface area contributed by atoms with Gasteiger partial charge in [-0.2, -0.15) is 0 Å². The highest BCUT2D eigenvalue weighted by Crippen LogP contribution is 2.20. The fraction of sp³-hybridized carbons (Fsp3) is 0.571. The number of hydrogen-bond acceptors (Lipinski definition) is 4. The number of aliphatic carboxylic acids is 1. The number of likely N-dealkylation sites (N-methyl/N-ethyl adjacent to an activating group) is 1. The molecule has 6 nitrogen and oxygen atoms in total. The molecule has 1 aliphatic rings. The number of amides is 2. The third-order valence-electron chi connectivity index (χ3n) is 3.99. The summed E-state index contributed by atoms with van der Waals surface area (Å²) < 4.78 is 0. The predicted octanol–water partition coefficient (Wildman–Crippen LogP) is 1.61. The molecule has 0 saturated carbocycles. The van der Waals surface area contributed by atoms with E-state index in [2.05, 4.69) is 24.1 Å². The second kappa shape index (κ2) is 6.44. The van der Waals surface area contributed by atoms with Gasteiger partial charge in [0.25, 0.3) is 0 Å². The number of carbonyl (C=O) groups is 2. The molecule has 1 aliphatic heterocycles. The minimum atomic E-state index is -1.04. The van der Waals surface area contributed by atoms with Crippen LogP contribution >= 0.6 is 11.3 Å². The Morgan fingerprint density at radius 1 is 1.38 bits per heavy atom. The molecule has 1 aromatic heterocycles. The van der Waals surface area contributed by atoms with Crippen molar-refractivity contribution in [2.45, 2.75) is 32.0 Å². The van der Waals surface area contributed by atoms with Gasteiger partial charge >= 0.3 is 12.0 Å². The Kier molecular flexibility index (Phi) is 4.84. The van der Waals surface area contributed by atoms with Crippen molar-refractivity contribution in [3.63, 3.8) is 0 Å². The lowest BCUT2D eigenvalue weighted by Crippen LogP contribution is -2.58. The van der Waals surface area contributed by atoms with E-state index in [0.29, 0.717) is 18.0 Å². The standard InChI is InChI=1S/C14H21N3O3S/c1-9-7-17(8-10(2)16(9)3)14(20)15-12(13(18)19)11-5-4-6-21-11/h4-6,9-10,12H,7-8H2,1-3H3,(H,15,20)(H,18,19). The first-order valence-corrected chi connectivity index (χ1v) is 7.81. The minimum Gasteiger partial charge on any atom is -0.479 e. The molecule has 2 rings (SSSR count). The summed E-state index contributed by atoms with van der Waals surface area (Å²) >= 11 is 1.33. The molecule has 116 valence electrons. The van der Waals surface area contributed by atoms with Gasteiger partial charge in [0.2, 0.25) is 0 Å². The Labute approximate surface area is 128 Å². The molecular weight excluding hydrogens is 290 g/mol. The summed E-state index contributed by atoms with van der Waals surface area (Å²) in [6.45, 7) is 5.32. The van der Waals surface area contributed by atoms with Gasteiger partial charge < -0.3 is 15.3 Å². The van der Waals surface area contributed by atoms with Gasteiger partial charge in [-0.3, -0.25) is 4.90 Å². The average Bonchev–Trinajstić information content (AvgIpc) is 2.94. The zero-order chi connectivity index (χ0) is 15.6. The first-order chi connectivity index (χ1) is 9.90. The molecule has 1 fully saturated rings. The summed E-state index contributed by atoms with van der Waals surface area (Å²) in [5.41, 5.74) is 0. The Bertz CT molecular complexity index is 494. The van der Waals surface area contributed by atoms with E-state index in [1.165, 1.54) is 11.3 Å². The maximum atomic E-state index is 12.3. The molecule has 3 atom stereocenters. The van der Waals surface area contributed by atoms with Crippen molar-refractivity contribution in [2.75, 3.05) is 20.1 Å². The van der Waals surface area contributed by atoms with E-state index in [1.54, 1.807) is 22.4 Å². The summed E-state index contributed by atoms with van der Waals surface area (Å²) in [6, 6.07) is 2.71. The van der Waals surface area contributed by atoms with Gasteiger partial charge in [0, 0.05) is 30.1 Å². The van der Waals surface area contributed by atoms with Crippen molar-refractivity contribution in [3.05, 3.63) is 22.4 Å². The van der Waals surface area contributed by atoms with Crippen molar-refractivity contribution < 1.29 is 14.7 Å². The third-order valence-corrected chi connectivity index (χ3v) is 4.93. The summed E-state index contributed by atoms with van der Waals surface area (Å²) in [5.74, 6) is -1.04. The van der Waals surface area contributed by atoms with Gasteiger partial charge in [-0.15, -0.1) is 11.3 Å². The maximum Gasteiger partial charge on any atom is 0.331 e. The van der Waals surface area contributed by atoms with Crippen LogP contribution in [-0.2, 0) is 4.79 Å². The van der Waals surface area contributed by atoms with Gasteiger partial charge in [0.05, 0.1) is 0 Å². The highest BCUT2D eigenvalue weighted by Gasteiger charge is 2.32. The summed E-state index contributed by atoms with van der Waals surface area (Å²) in [6.07, 6.45) is 0. The Balaban J connectivity index is 2.04. The van der Waals surface area contributed by atoms with Crippen LogP contribution < -0.4 is 5.32 Å². The third kappa shape index (κ3) is 3.54. The number of carboxylic acids is 1. The molecule has 0 spiro atoms. The maximum absolute atomic E-state index is 12.3. The number of carbonyl (C=O) groups excluding carboxylic acids is 1. The molecule has 7 heteroatoms. The number of thiophene rings is 1. The smallest absolute Gasteiger partial charge is 0.331 e. The number of nitrogens with one attached hydrogen (secondary N) is 1. The lowest BCUT2D eigenvalue weighted by molar-refractivity contribution is -0.139. The van der Waals surface area contributed by atoms with Crippen LogP contribution in [0.15, 0.2) is 17.5 Å². The second-order valence-corrected chi connectivity index (χ2v) is 6.48. The van der Waals surface area contributed by atoms with Crippen molar-refractivity contribution in [2.24, 2.45) is 0 Å². The van der Waals surface area contributed by atoms with Crippen LogP contribution in [0.5, 0.6) is 0 Å². The van der Waals surface area contributed by atoms with Crippen LogP contribution in [0.4, 0.5) is 4.79 Å². The fourth-order valence-electron chi connectivity index (χ4n) is 2.50. The fourth-order valence-corrected chi connectivity index (χ4v) is 3.26. The number of rotatable bonds is 3. The summed E-state index contributed by atoms with van der Waals surface area (Å²) in [5, 5.41) is 13.7. The summed E-state index contributed by atoms with van der Waals surface area (Å²) in [4.78, 5) is 28.2. The zero-order valence-corrected chi connectivity index (χ0v) is 13.3. The Hall–Kier alpha value is -1.60. The molecular formula is C14H21N3O3S. The molecule has 2 N–H and O–H groups in total. The van der Waals surface area contributed by atoms with Crippen LogP contribution in [0.1, 0.15) is 24.8 Å². The lowest BCUT2D eigenvalue weighted by atomic mass is 10.1. The minimum absolute atomic E-state index is 0.254. The SMILES string of the molecule is CC1CN(C(=O)NC(C(=O)O)c2cccs2)CC(C)N1C. The predicted molar refractivity (Wildman–Crippen MR) is 81.5 cm³/mol. The molecule has 0 radical (unpaired) electrons. The van der Waals surface area contributed by atoms with Crippen LogP contribution in [0.2, 0.25) is 0 Å². The van der Waals surface area contributed by atoms with Crippen molar-refractivity contribution >= 4 is 23.3 Å². The quantitative estimate of drug-likeness (QED) is 0.889.